The molecule has 0 aromatic heterocycles. The topological polar surface area (TPSA) is 80.9 Å². The molecule has 0 aromatic carbocycles. The van der Waals surface area contributed by atoms with Crippen molar-refractivity contribution in [2.75, 3.05) is 13.2 Å². The molecule has 194 valence electrons. The quantitative estimate of drug-likeness (QED) is 0.421. The highest BCUT2D eigenvalue weighted by Crippen LogP contribution is 2.75. The molecule has 5 aliphatic carbocycles. The number of hydrogen-bond donors (Lipinski definition) is 4. The third-order valence-electron chi connectivity index (χ3n) is 13.3. The highest BCUT2D eigenvalue weighted by molar-refractivity contribution is 5.35. The lowest BCUT2D eigenvalue weighted by molar-refractivity contribution is -0.227. The van der Waals surface area contributed by atoms with Crippen LogP contribution < -0.4 is 0 Å². The van der Waals surface area contributed by atoms with Crippen molar-refractivity contribution in [3.8, 4) is 0 Å². The van der Waals surface area contributed by atoms with Crippen molar-refractivity contribution in [1.82, 2.24) is 0 Å². The summed E-state index contributed by atoms with van der Waals surface area (Å²) in [6.07, 6.45) is 10.3. The number of aliphatic hydroxyl groups is 4. The van der Waals surface area contributed by atoms with Gasteiger partial charge >= 0.3 is 0 Å². The monoisotopic (exact) mass is 474 g/mol. The van der Waals surface area contributed by atoms with Gasteiger partial charge in [-0.3, -0.25) is 0 Å². The van der Waals surface area contributed by atoms with Crippen molar-refractivity contribution in [2.45, 2.75) is 112 Å². The van der Waals surface area contributed by atoms with Crippen LogP contribution in [-0.2, 0) is 0 Å². The smallest absolute Gasteiger partial charge is 0.0632 e. The molecule has 4 heteroatoms. The molecule has 0 aromatic rings. The molecule has 0 aliphatic heterocycles. The highest BCUT2D eigenvalue weighted by atomic mass is 16.3. The number of hydrogen-bond acceptors (Lipinski definition) is 4. The van der Waals surface area contributed by atoms with Crippen LogP contribution in [0.25, 0.3) is 0 Å². The third-order valence-corrected chi connectivity index (χ3v) is 13.3. The van der Waals surface area contributed by atoms with E-state index in [1.807, 2.05) is 0 Å². The Bertz CT molecular complexity index is 866. The lowest BCUT2D eigenvalue weighted by Crippen LogP contribution is -2.67. The average molecular weight is 475 g/mol. The van der Waals surface area contributed by atoms with Crippen molar-refractivity contribution in [3.63, 3.8) is 0 Å². The summed E-state index contributed by atoms with van der Waals surface area (Å²) in [5.41, 5.74) is 0.960. The van der Waals surface area contributed by atoms with E-state index in [1.54, 1.807) is 0 Å². The first-order chi connectivity index (χ1) is 15.7. The van der Waals surface area contributed by atoms with Gasteiger partial charge in [-0.25, -0.2) is 0 Å². The van der Waals surface area contributed by atoms with E-state index in [9.17, 15) is 20.4 Å². The molecule has 0 spiro atoms. The SMILES string of the molecule is CC1(C)CC[C@]2(CO)[C@H](O)C[C@]3(C)C(=CC[C@@H]4[C@@]5(C)CC[C@H](O)[C@@](C)(CO)[C@@H]5CC[C@]43C)[C@@H]2C1. The molecule has 0 radical (unpaired) electrons. The van der Waals surface area contributed by atoms with Crippen molar-refractivity contribution in [3.05, 3.63) is 11.6 Å². The van der Waals surface area contributed by atoms with Crippen LogP contribution in [0.5, 0.6) is 0 Å². The van der Waals surface area contributed by atoms with Crippen LogP contribution in [0, 0.1) is 50.2 Å². The molecule has 34 heavy (non-hydrogen) atoms. The Kier molecular flexibility index (Phi) is 5.61. The van der Waals surface area contributed by atoms with Crippen molar-refractivity contribution < 1.29 is 20.4 Å². The van der Waals surface area contributed by atoms with Gasteiger partial charge in [0.15, 0.2) is 0 Å². The van der Waals surface area contributed by atoms with Crippen LogP contribution in [0.3, 0.4) is 0 Å². The molecule has 10 atom stereocenters. The number of allylic oxidation sites excluding steroid dienone is 2. The van der Waals surface area contributed by atoms with Gasteiger partial charge in [-0.1, -0.05) is 53.2 Å². The van der Waals surface area contributed by atoms with Crippen LogP contribution >= 0.6 is 0 Å². The predicted octanol–water partition coefficient (Wildman–Crippen LogP) is 5.08. The Morgan fingerprint density at radius 3 is 2.15 bits per heavy atom. The second-order valence-electron chi connectivity index (χ2n) is 15.0. The first-order valence-corrected chi connectivity index (χ1v) is 14.0. The normalized spacial score (nSPS) is 56.4. The lowest BCUT2D eigenvalue weighted by Gasteiger charge is -2.72. The second kappa shape index (κ2) is 7.55. The molecule has 4 saturated carbocycles. The minimum atomic E-state index is -0.474. The first kappa shape index (κ1) is 25.2. The fraction of sp³-hybridized carbons (Fsp3) is 0.933. The maximum absolute atomic E-state index is 11.7. The van der Waals surface area contributed by atoms with E-state index in [0.717, 1.165) is 57.8 Å². The van der Waals surface area contributed by atoms with Crippen molar-refractivity contribution in [1.29, 1.82) is 0 Å². The van der Waals surface area contributed by atoms with Crippen LogP contribution in [0.4, 0.5) is 0 Å². The number of rotatable bonds is 2. The van der Waals surface area contributed by atoms with Gasteiger partial charge in [-0.05, 0) is 97.2 Å². The number of aliphatic hydroxyl groups excluding tert-OH is 4. The second-order valence-corrected chi connectivity index (χ2v) is 15.0. The summed E-state index contributed by atoms with van der Waals surface area (Å²) in [5, 5.41) is 43.7. The molecule has 0 bridgehead atoms. The minimum absolute atomic E-state index is 0.0467. The molecular weight excluding hydrogens is 424 g/mol. The number of fused-ring (bicyclic) bond motifs is 7. The maximum atomic E-state index is 11.7. The van der Waals surface area contributed by atoms with Crippen molar-refractivity contribution in [2.24, 2.45) is 50.2 Å². The average Bonchev–Trinajstić information content (AvgIpc) is 2.77. The van der Waals surface area contributed by atoms with E-state index in [0.29, 0.717) is 11.8 Å². The van der Waals surface area contributed by atoms with Gasteiger partial charge in [0.25, 0.3) is 0 Å². The van der Waals surface area contributed by atoms with Gasteiger partial charge in [0.05, 0.1) is 25.4 Å². The van der Waals surface area contributed by atoms with Crippen molar-refractivity contribution >= 4 is 0 Å². The van der Waals surface area contributed by atoms with Crippen LogP contribution in [0.2, 0.25) is 0 Å². The van der Waals surface area contributed by atoms with Gasteiger partial charge in [-0.2, -0.15) is 0 Å². The third kappa shape index (κ3) is 2.92. The van der Waals surface area contributed by atoms with Crippen LogP contribution in [0.1, 0.15) is 99.3 Å². The summed E-state index contributed by atoms with van der Waals surface area (Å²) in [5.74, 6) is 1.02. The Labute approximate surface area is 207 Å². The zero-order valence-electron chi connectivity index (χ0n) is 22.5. The summed E-state index contributed by atoms with van der Waals surface area (Å²) in [7, 11) is 0. The summed E-state index contributed by atoms with van der Waals surface area (Å²) >= 11 is 0. The summed E-state index contributed by atoms with van der Waals surface area (Å²) in [4.78, 5) is 0. The Hall–Kier alpha value is -0.420. The van der Waals surface area contributed by atoms with Gasteiger partial charge in [0.2, 0.25) is 0 Å². The maximum Gasteiger partial charge on any atom is 0.0632 e. The predicted molar refractivity (Wildman–Crippen MR) is 135 cm³/mol. The van der Waals surface area contributed by atoms with Crippen LogP contribution in [0.15, 0.2) is 11.6 Å². The Balaban J connectivity index is 1.61. The molecule has 0 amide bonds. The molecule has 0 heterocycles. The molecule has 0 saturated heterocycles. The lowest BCUT2D eigenvalue weighted by atomic mass is 9.33. The van der Waals surface area contributed by atoms with Crippen LogP contribution in [-0.4, -0.2) is 45.8 Å². The minimum Gasteiger partial charge on any atom is -0.396 e. The molecule has 0 unspecified atom stereocenters. The summed E-state index contributed by atoms with van der Waals surface area (Å²) in [6, 6.07) is 0. The van der Waals surface area contributed by atoms with E-state index < -0.39 is 23.0 Å². The van der Waals surface area contributed by atoms with E-state index in [2.05, 4.69) is 47.6 Å². The highest BCUT2D eigenvalue weighted by Gasteiger charge is 2.70. The Morgan fingerprint density at radius 1 is 0.794 bits per heavy atom. The zero-order valence-corrected chi connectivity index (χ0v) is 22.5. The molecule has 4 N–H and O–H groups in total. The van der Waals surface area contributed by atoms with Gasteiger partial charge in [0, 0.05) is 10.8 Å². The first-order valence-electron chi connectivity index (χ1n) is 14.0. The molecular formula is C30H50O4. The molecule has 4 fully saturated rings. The summed E-state index contributed by atoms with van der Waals surface area (Å²) in [6.45, 7) is 14.3. The van der Waals surface area contributed by atoms with E-state index in [1.165, 1.54) is 5.57 Å². The molecule has 5 aliphatic rings. The van der Waals surface area contributed by atoms with Gasteiger partial charge in [0.1, 0.15) is 0 Å². The largest absolute Gasteiger partial charge is 0.396 e. The summed E-state index contributed by atoms with van der Waals surface area (Å²) < 4.78 is 0. The standard InChI is InChI=1S/C30H50O4/c1-25(2)13-14-30(18-32)20(15-25)19-7-8-22-26(3)11-10-23(33)27(4,17-31)21(26)9-12-28(22,5)29(19,6)16-24(30)34/h7,20-24,31-34H,8-18H2,1-6H3/t20-,21+,22+,23-,24+,26-,27-,28+,29+,30+/m0/s1. The van der Waals surface area contributed by atoms with E-state index >= 15 is 0 Å². The van der Waals surface area contributed by atoms with E-state index in [-0.39, 0.29) is 40.8 Å². The fourth-order valence-corrected chi connectivity index (χ4v) is 10.7. The fourth-order valence-electron chi connectivity index (χ4n) is 10.7. The zero-order chi connectivity index (χ0) is 24.9. The molecule has 5 rings (SSSR count). The van der Waals surface area contributed by atoms with E-state index in [4.69, 9.17) is 0 Å². The molecule has 4 nitrogen and oxygen atoms in total. The van der Waals surface area contributed by atoms with Gasteiger partial charge < -0.3 is 20.4 Å². The van der Waals surface area contributed by atoms with Gasteiger partial charge in [-0.15, -0.1) is 0 Å². The Morgan fingerprint density at radius 2 is 1.50 bits per heavy atom.